The van der Waals surface area contributed by atoms with Gasteiger partial charge in [-0.25, -0.2) is 4.98 Å². The molecule has 54 heavy (non-hydrogen) atoms. The Labute approximate surface area is 313 Å². The lowest BCUT2D eigenvalue weighted by atomic mass is 9.65. The molecule has 0 bridgehead atoms. The molecule has 1 aliphatic carbocycles. The maximum atomic E-state index is 6.61. The van der Waals surface area contributed by atoms with Gasteiger partial charge >= 0.3 is 0 Å². The summed E-state index contributed by atoms with van der Waals surface area (Å²) in [6.45, 7) is 0. The third-order valence-electron chi connectivity index (χ3n) is 11.2. The third-order valence-corrected chi connectivity index (χ3v) is 11.2. The number of rotatable bonds is 4. The molecular formula is C50H33N3O. The van der Waals surface area contributed by atoms with E-state index < -0.39 is 5.41 Å². The molecule has 0 radical (unpaired) electrons. The van der Waals surface area contributed by atoms with E-state index >= 15 is 0 Å². The molecule has 4 nitrogen and oxygen atoms in total. The van der Waals surface area contributed by atoms with Gasteiger partial charge in [0.2, 0.25) is 0 Å². The molecule has 2 N–H and O–H groups in total. The predicted octanol–water partition coefficient (Wildman–Crippen LogP) is 12.1. The number of hydrogen-bond donors (Lipinski definition) is 1. The molecule has 1 aliphatic heterocycles. The highest BCUT2D eigenvalue weighted by atomic mass is 16.5. The SMILES string of the molecule is Nc1ccc(-c2cc3c(cc2-c2ccc(-c4nc5ccccc5n4-c4ccccc4)cc2)C2(c4ccccc4Oc4ccccc42)c2ccccc2-3)cc1. The summed E-state index contributed by atoms with van der Waals surface area (Å²) in [6, 6.07) is 66.7. The lowest BCUT2D eigenvalue weighted by molar-refractivity contribution is 0.436. The zero-order valence-corrected chi connectivity index (χ0v) is 29.3. The number of aromatic nitrogens is 2. The van der Waals surface area contributed by atoms with Crippen LogP contribution in [-0.4, -0.2) is 9.55 Å². The number of nitrogens with two attached hydrogens (primary N) is 1. The molecule has 2 heterocycles. The maximum Gasteiger partial charge on any atom is 0.145 e. The van der Waals surface area contributed by atoms with Crippen molar-refractivity contribution >= 4 is 16.7 Å². The van der Waals surface area contributed by atoms with Crippen molar-refractivity contribution < 1.29 is 4.74 Å². The summed E-state index contributed by atoms with van der Waals surface area (Å²) in [5.41, 5.74) is 22.4. The van der Waals surface area contributed by atoms with Crippen LogP contribution in [0.5, 0.6) is 11.5 Å². The maximum absolute atomic E-state index is 6.61. The molecule has 1 spiro atoms. The Morgan fingerprint density at radius 3 is 1.72 bits per heavy atom. The molecule has 0 unspecified atom stereocenters. The molecule has 254 valence electrons. The molecule has 8 aromatic carbocycles. The smallest absolute Gasteiger partial charge is 0.145 e. The van der Waals surface area contributed by atoms with Crippen molar-refractivity contribution in [1.82, 2.24) is 9.55 Å². The van der Waals surface area contributed by atoms with Crippen molar-refractivity contribution in [3.63, 3.8) is 0 Å². The van der Waals surface area contributed by atoms with E-state index in [1.165, 1.54) is 22.3 Å². The number of benzene rings is 8. The minimum Gasteiger partial charge on any atom is -0.457 e. The average Bonchev–Trinajstić information content (AvgIpc) is 3.76. The molecule has 1 aromatic heterocycles. The van der Waals surface area contributed by atoms with E-state index in [2.05, 4.69) is 168 Å². The van der Waals surface area contributed by atoms with Crippen LogP contribution in [0.25, 0.3) is 61.5 Å². The fraction of sp³-hybridized carbons (Fsp3) is 0.0200. The van der Waals surface area contributed by atoms with Gasteiger partial charge in [0.1, 0.15) is 17.3 Å². The minimum atomic E-state index is -0.563. The Hall–Kier alpha value is -7.17. The van der Waals surface area contributed by atoms with Crippen LogP contribution < -0.4 is 10.5 Å². The van der Waals surface area contributed by atoms with Gasteiger partial charge in [0.15, 0.2) is 0 Å². The standard InChI is InChI=1S/C50H33N3O/c51-35-28-26-33(27-29-35)38-30-40-37-14-4-5-15-41(37)50(42-16-6-10-20-47(42)54-48-21-11-7-17-43(48)50)44(40)31-39(38)32-22-24-34(25-23-32)49-52-45-18-8-9-19-46(45)53(49)36-12-2-1-3-13-36/h1-31H,51H2. The summed E-state index contributed by atoms with van der Waals surface area (Å²) in [5, 5.41) is 0. The first kappa shape index (κ1) is 30.5. The van der Waals surface area contributed by atoms with Gasteiger partial charge in [-0.2, -0.15) is 0 Å². The van der Waals surface area contributed by atoms with Crippen molar-refractivity contribution in [2.24, 2.45) is 0 Å². The summed E-state index contributed by atoms with van der Waals surface area (Å²) in [7, 11) is 0. The van der Waals surface area contributed by atoms with E-state index in [0.717, 1.165) is 78.7 Å². The van der Waals surface area contributed by atoms with E-state index in [1.807, 2.05) is 24.3 Å². The monoisotopic (exact) mass is 691 g/mol. The van der Waals surface area contributed by atoms with E-state index in [1.54, 1.807) is 0 Å². The average molecular weight is 692 g/mol. The fourth-order valence-electron chi connectivity index (χ4n) is 8.89. The van der Waals surface area contributed by atoms with Crippen LogP contribution in [0, 0.1) is 0 Å². The largest absolute Gasteiger partial charge is 0.457 e. The number of nitrogens with zero attached hydrogens (tertiary/aromatic N) is 2. The van der Waals surface area contributed by atoms with Gasteiger partial charge in [-0.15, -0.1) is 0 Å². The van der Waals surface area contributed by atoms with E-state index in [0.29, 0.717) is 0 Å². The van der Waals surface area contributed by atoms with Crippen LogP contribution >= 0.6 is 0 Å². The van der Waals surface area contributed by atoms with E-state index in [4.69, 9.17) is 15.5 Å². The summed E-state index contributed by atoms with van der Waals surface area (Å²) in [4.78, 5) is 5.14. The molecular weight excluding hydrogens is 659 g/mol. The second-order valence-electron chi connectivity index (χ2n) is 14.1. The van der Waals surface area contributed by atoms with Gasteiger partial charge in [-0.3, -0.25) is 4.57 Å². The normalized spacial score (nSPS) is 13.2. The van der Waals surface area contributed by atoms with Crippen LogP contribution in [-0.2, 0) is 5.41 Å². The first-order valence-corrected chi connectivity index (χ1v) is 18.3. The van der Waals surface area contributed by atoms with Crippen LogP contribution in [0.1, 0.15) is 22.3 Å². The number of hydrogen-bond acceptors (Lipinski definition) is 3. The highest BCUT2D eigenvalue weighted by Gasteiger charge is 2.51. The number of ether oxygens (including phenoxy) is 1. The van der Waals surface area contributed by atoms with Crippen LogP contribution in [0.2, 0.25) is 0 Å². The quantitative estimate of drug-likeness (QED) is 0.187. The highest BCUT2D eigenvalue weighted by molar-refractivity contribution is 5.96. The second kappa shape index (κ2) is 11.7. The Bertz CT molecular complexity index is 2860. The molecule has 2 aliphatic rings. The zero-order chi connectivity index (χ0) is 35.8. The van der Waals surface area contributed by atoms with E-state index in [9.17, 15) is 0 Å². The minimum absolute atomic E-state index is 0.563. The summed E-state index contributed by atoms with van der Waals surface area (Å²) in [6.07, 6.45) is 0. The molecule has 0 fully saturated rings. The number of para-hydroxylation sites is 5. The number of fused-ring (bicyclic) bond motifs is 10. The first-order chi connectivity index (χ1) is 26.7. The van der Waals surface area contributed by atoms with Crippen LogP contribution in [0.4, 0.5) is 5.69 Å². The van der Waals surface area contributed by atoms with Gasteiger partial charge in [-0.1, -0.05) is 127 Å². The van der Waals surface area contributed by atoms with Crippen molar-refractivity contribution in [2.45, 2.75) is 5.41 Å². The Balaban J connectivity index is 1.16. The summed E-state index contributed by atoms with van der Waals surface area (Å²) < 4.78 is 8.86. The molecule has 0 saturated carbocycles. The Kier molecular flexibility index (Phi) is 6.58. The summed E-state index contributed by atoms with van der Waals surface area (Å²) >= 11 is 0. The highest BCUT2D eigenvalue weighted by Crippen LogP contribution is 2.63. The lowest BCUT2D eigenvalue weighted by Gasteiger charge is -2.39. The topological polar surface area (TPSA) is 53.1 Å². The molecule has 0 saturated heterocycles. The van der Waals surface area contributed by atoms with Crippen molar-refractivity contribution in [3.8, 4) is 62.0 Å². The zero-order valence-electron chi connectivity index (χ0n) is 29.3. The second-order valence-corrected chi connectivity index (χ2v) is 14.1. The van der Waals surface area contributed by atoms with Gasteiger partial charge in [0, 0.05) is 28.1 Å². The Morgan fingerprint density at radius 1 is 0.444 bits per heavy atom. The fourth-order valence-corrected chi connectivity index (χ4v) is 8.89. The number of anilines is 1. The first-order valence-electron chi connectivity index (χ1n) is 18.3. The van der Waals surface area contributed by atoms with Gasteiger partial charge in [0.25, 0.3) is 0 Å². The van der Waals surface area contributed by atoms with Crippen LogP contribution in [0.15, 0.2) is 188 Å². The van der Waals surface area contributed by atoms with E-state index in [-0.39, 0.29) is 0 Å². The van der Waals surface area contributed by atoms with Crippen molar-refractivity contribution in [2.75, 3.05) is 5.73 Å². The predicted molar refractivity (Wildman–Crippen MR) is 219 cm³/mol. The molecule has 4 heteroatoms. The number of nitrogen functional groups attached to an aromatic ring is 1. The molecule has 9 aromatic rings. The molecule has 0 atom stereocenters. The van der Waals surface area contributed by atoms with Gasteiger partial charge < -0.3 is 10.5 Å². The van der Waals surface area contributed by atoms with Gasteiger partial charge in [-0.05, 0) is 105 Å². The summed E-state index contributed by atoms with van der Waals surface area (Å²) in [5.74, 6) is 2.67. The molecule has 11 rings (SSSR count). The van der Waals surface area contributed by atoms with Crippen molar-refractivity contribution in [3.05, 3.63) is 210 Å². The van der Waals surface area contributed by atoms with Gasteiger partial charge in [0.05, 0.1) is 16.4 Å². The number of imidazole rings is 1. The lowest BCUT2D eigenvalue weighted by Crippen LogP contribution is -2.32. The van der Waals surface area contributed by atoms with Crippen molar-refractivity contribution in [1.29, 1.82) is 0 Å². The Morgan fingerprint density at radius 2 is 1.00 bits per heavy atom. The van der Waals surface area contributed by atoms with Crippen LogP contribution in [0.3, 0.4) is 0 Å². The molecule has 0 amide bonds. The third kappa shape index (κ3) is 4.34.